The van der Waals surface area contributed by atoms with E-state index in [0.717, 1.165) is 17.9 Å². The Kier molecular flexibility index (Phi) is 5.23. The number of amides is 1. The van der Waals surface area contributed by atoms with E-state index in [4.69, 9.17) is 4.74 Å². The van der Waals surface area contributed by atoms with E-state index in [9.17, 15) is 4.79 Å². The van der Waals surface area contributed by atoms with Crippen LogP contribution in [0.4, 0.5) is 0 Å². The first-order valence-electron chi connectivity index (χ1n) is 7.78. The van der Waals surface area contributed by atoms with Crippen molar-refractivity contribution in [3.63, 3.8) is 0 Å². The molecule has 1 saturated heterocycles. The lowest BCUT2D eigenvalue weighted by molar-refractivity contribution is -0.128. The van der Waals surface area contributed by atoms with Gasteiger partial charge in [0.1, 0.15) is 11.9 Å². The molecule has 0 bridgehead atoms. The Morgan fingerprint density at radius 2 is 1.95 bits per heavy atom. The SMILES string of the molecule is CCOc1ccc(C2NCC(=O)N2CC(C)C(C)C)cc1. The van der Waals surface area contributed by atoms with E-state index in [0.29, 0.717) is 25.0 Å². The standard InChI is InChI=1S/C17H26N2O2/c1-5-21-15-8-6-14(7-9-15)17-18-10-16(20)19(17)11-13(4)12(2)3/h6-9,12-13,17-18H,5,10-11H2,1-4H3. The summed E-state index contributed by atoms with van der Waals surface area (Å²) in [5, 5.41) is 3.30. The Balaban J connectivity index is 2.11. The second kappa shape index (κ2) is 6.94. The minimum Gasteiger partial charge on any atom is -0.494 e. The highest BCUT2D eigenvalue weighted by molar-refractivity contribution is 5.81. The van der Waals surface area contributed by atoms with Gasteiger partial charge in [-0.1, -0.05) is 32.9 Å². The second-order valence-electron chi connectivity index (χ2n) is 6.05. The molecule has 2 atom stereocenters. The van der Waals surface area contributed by atoms with Gasteiger partial charge in [-0.15, -0.1) is 0 Å². The fourth-order valence-corrected chi connectivity index (χ4v) is 2.48. The van der Waals surface area contributed by atoms with Crippen LogP contribution in [0.15, 0.2) is 24.3 Å². The van der Waals surface area contributed by atoms with Gasteiger partial charge in [-0.2, -0.15) is 0 Å². The molecule has 1 aromatic rings. The molecule has 0 aromatic heterocycles. The highest BCUT2D eigenvalue weighted by Gasteiger charge is 2.32. The topological polar surface area (TPSA) is 41.6 Å². The maximum atomic E-state index is 12.1. The van der Waals surface area contributed by atoms with Gasteiger partial charge in [0.05, 0.1) is 13.2 Å². The molecule has 0 saturated carbocycles. The maximum Gasteiger partial charge on any atom is 0.238 e. The van der Waals surface area contributed by atoms with Crippen molar-refractivity contribution in [3.05, 3.63) is 29.8 Å². The molecule has 1 aliphatic heterocycles. The average molecular weight is 290 g/mol. The van der Waals surface area contributed by atoms with Crippen molar-refractivity contribution < 1.29 is 9.53 Å². The smallest absolute Gasteiger partial charge is 0.238 e. The summed E-state index contributed by atoms with van der Waals surface area (Å²) in [6, 6.07) is 8.00. The minimum absolute atomic E-state index is 0.0191. The summed E-state index contributed by atoms with van der Waals surface area (Å²) >= 11 is 0. The lowest BCUT2D eigenvalue weighted by Crippen LogP contribution is -2.35. The van der Waals surface area contributed by atoms with E-state index < -0.39 is 0 Å². The van der Waals surface area contributed by atoms with E-state index >= 15 is 0 Å². The Bertz CT molecular complexity index is 470. The summed E-state index contributed by atoms with van der Waals surface area (Å²) in [7, 11) is 0. The molecule has 1 aliphatic rings. The molecule has 2 unspecified atom stereocenters. The van der Waals surface area contributed by atoms with Gasteiger partial charge < -0.3 is 9.64 Å². The van der Waals surface area contributed by atoms with Crippen LogP contribution < -0.4 is 10.1 Å². The molecule has 1 heterocycles. The van der Waals surface area contributed by atoms with E-state index in [1.807, 2.05) is 36.1 Å². The molecule has 2 rings (SSSR count). The molecular weight excluding hydrogens is 264 g/mol. The van der Waals surface area contributed by atoms with E-state index in [1.54, 1.807) is 0 Å². The highest BCUT2D eigenvalue weighted by Crippen LogP contribution is 2.26. The van der Waals surface area contributed by atoms with E-state index in [2.05, 4.69) is 26.1 Å². The highest BCUT2D eigenvalue weighted by atomic mass is 16.5. The maximum absolute atomic E-state index is 12.1. The number of ether oxygens (including phenoxy) is 1. The Hall–Kier alpha value is -1.55. The zero-order valence-corrected chi connectivity index (χ0v) is 13.4. The Labute approximate surface area is 127 Å². The molecule has 0 radical (unpaired) electrons. The molecule has 1 N–H and O–H groups in total. The number of nitrogens with one attached hydrogen (secondary N) is 1. The van der Waals surface area contributed by atoms with E-state index in [-0.39, 0.29) is 12.1 Å². The van der Waals surface area contributed by atoms with Crippen LogP contribution in [0.3, 0.4) is 0 Å². The number of rotatable bonds is 6. The van der Waals surface area contributed by atoms with Gasteiger partial charge >= 0.3 is 0 Å². The monoisotopic (exact) mass is 290 g/mol. The average Bonchev–Trinajstić information content (AvgIpc) is 2.81. The van der Waals surface area contributed by atoms with E-state index in [1.165, 1.54) is 0 Å². The van der Waals surface area contributed by atoms with Gasteiger partial charge in [-0.25, -0.2) is 0 Å². The van der Waals surface area contributed by atoms with Gasteiger partial charge in [0.15, 0.2) is 0 Å². The molecule has 4 heteroatoms. The summed E-state index contributed by atoms with van der Waals surface area (Å²) in [6.07, 6.45) is -0.0191. The first kappa shape index (κ1) is 15.8. The summed E-state index contributed by atoms with van der Waals surface area (Å²) < 4.78 is 5.47. The van der Waals surface area contributed by atoms with Crippen molar-refractivity contribution in [1.82, 2.24) is 10.2 Å². The van der Waals surface area contributed by atoms with Gasteiger partial charge in [-0.3, -0.25) is 10.1 Å². The van der Waals surface area contributed by atoms with Gasteiger partial charge in [0.25, 0.3) is 0 Å². The molecule has 1 aromatic carbocycles. The van der Waals surface area contributed by atoms with Crippen molar-refractivity contribution in [1.29, 1.82) is 0 Å². The van der Waals surface area contributed by atoms with Crippen LogP contribution in [-0.2, 0) is 4.79 Å². The van der Waals surface area contributed by atoms with Crippen LogP contribution in [0.25, 0.3) is 0 Å². The van der Waals surface area contributed by atoms with Crippen molar-refractivity contribution in [2.75, 3.05) is 19.7 Å². The fraction of sp³-hybridized carbons (Fsp3) is 0.588. The van der Waals surface area contributed by atoms with Crippen LogP contribution in [0.1, 0.15) is 39.4 Å². The predicted molar refractivity (Wildman–Crippen MR) is 84.1 cm³/mol. The third-order valence-electron chi connectivity index (χ3n) is 4.21. The van der Waals surface area contributed by atoms with Crippen LogP contribution in [-0.4, -0.2) is 30.5 Å². The zero-order valence-electron chi connectivity index (χ0n) is 13.4. The summed E-state index contributed by atoms with van der Waals surface area (Å²) in [4.78, 5) is 14.1. The zero-order chi connectivity index (χ0) is 15.4. The molecule has 0 aliphatic carbocycles. The largest absolute Gasteiger partial charge is 0.494 e. The molecule has 4 nitrogen and oxygen atoms in total. The first-order chi connectivity index (χ1) is 10.0. The predicted octanol–water partition coefficient (Wildman–Crippen LogP) is 2.81. The lowest BCUT2D eigenvalue weighted by atomic mass is 9.97. The van der Waals surface area contributed by atoms with Crippen LogP contribution in [0, 0.1) is 11.8 Å². The van der Waals surface area contributed by atoms with Crippen molar-refractivity contribution in [2.45, 2.75) is 33.9 Å². The molecule has 0 spiro atoms. The molecule has 1 fully saturated rings. The number of carbonyl (C=O) groups is 1. The Morgan fingerprint density at radius 1 is 1.29 bits per heavy atom. The fourth-order valence-electron chi connectivity index (χ4n) is 2.48. The third-order valence-corrected chi connectivity index (χ3v) is 4.21. The van der Waals surface area contributed by atoms with Gasteiger partial charge in [0.2, 0.25) is 5.91 Å². The van der Waals surface area contributed by atoms with Crippen LogP contribution in [0.2, 0.25) is 0 Å². The number of benzene rings is 1. The van der Waals surface area contributed by atoms with Crippen LogP contribution >= 0.6 is 0 Å². The normalized spacial score (nSPS) is 20.1. The lowest BCUT2D eigenvalue weighted by Gasteiger charge is -2.29. The van der Waals surface area contributed by atoms with Crippen molar-refractivity contribution in [2.24, 2.45) is 11.8 Å². The van der Waals surface area contributed by atoms with Crippen LogP contribution in [0.5, 0.6) is 5.75 Å². The summed E-state index contributed by atoms with van der Waals surface area (Å²) in [5.41, 5.74) is 1.11. The summed E-state index contributed by atoms with van der Waals surface area (Å²) in [6.45, 7) is 10.4. The molecule has 1 amide bonds. The number of hydrogen-bond acceptors (Lipinski definition) is 3. The first-order valence-corrected chi connectivity index (χ1v) is 7.78. The van der Waals surface area contributed by atoms with Gasteiger partial charge in [0, 0.05) is 6.54 Å². The summed E-state index contributed by atoms with van der Waals surface area (Å²) in [5.74, 6) is 2.10. The molecule has 21 heavy (non-hydrogen) atoms. The Morgan fingerprint density at radius 3 is 2.52 bits per heavy atom. The minimum atomic E-state index is -0.0191. The van der Waals surface area contributed by atoms with Crippen molar-refractivity contribution >= 4 is 5.91 Å². The number of carbonyl (C=O) groups excluding carboxylic acids is 1. The van der Waals surface area contributed by atoms with Gasteiger partial charge in [-0.05, 0) is 36.5 Å². The number of nitrogens with zero attached hydrogens (tertiary/aromatic N) is 1. The third kappa shape index (κ3) is 3.76. The number of hydrogen-bond donors (Lipinski definition) is 1. The molecule has 116 valence electrons. The second-order valence-corrected chi connectivity index (χ2v) is 6.05. The van der Waals surface area contributed by atoms with Crippen molar-refractivity contribution in [3.8, 4) is 5.75 Å². The molecular formula is C17H26N2O2. The quantitative estimate of drug-likeness (QED) is 0.876.